The fraction of sp³-hybridized carbons (Fsp3) is 0.714. The van der Waals surface area contributed by atoms with Crippen molar-refractivity contribution in [2.45, 2.75) is 57.6 Å². The van der Waals surface area contributed by atoms with Crippen molar-refractivity contribution >= 4 is 11.6 Å². The van der Waals surface area contributed by atoms with Crippen LogP contribution in [0, 0.1) is 0 Å². The summed E-state index contributed by atoms with van der Waals surface area (Å²) in [5.74, 6) is 7.10. The Morgan fingerprint density at radius 2 is 2.15 bits per heavy atom. The molecule has 112 valence electrons. The minimum Gasteiger partial charge on any atom is -0.391 e. The maximum atomic E-state index is 10.2. The van der Waals surface area contributed by atoms with Crippen LogP contribution in [0.3, 0.4) is 0 Å². The predicted molar refractivity (Wildman–Crippen MR) is 80.5 cm³/mol. The van der Waals surface area contributed by atoms with Crippen LogP contribution in [0.15, 0.2) is 6.33 Å². The van der Waals surface area contributed by atoms with Crippen LogP contribution >= 0.6 is 0 Å². The Morgan fingerprint density at radius 1 is 1.40 bits per heavy atom. The van der Waals surface area contributed by atoms with Crippen LogP contribution < -0.4 is 16.2 Å². The number of nitrogens with one attached hydrogen (secondary N) is 1. The lowest BCUT2D eigenvalue weighted by molar-refractivity contribution is 0.106. The van der Waals surface area contributed by atoms with Crippen LogP contribution in [0.25, 0.3) is 0 Å². The maximum absolute atomic E-state index is 10.2. The highest BCUT2D eigenvalue weighted by atomic mass is 16.3. The Hall–Kier alpha value is -1.40. The van der Waals surface area contributed by atoms with Crippen molar-refractivity contribution in [2.75, 3.05) is 17.4 Å². The largest absolute Gasteiger partial charge is 0.391 e. The van der Waals surface area contributed by atoms with Crippen molar-refractivity contribution in [3.05, 3.63) is 11.9 Å². The zero-order valence-corrected chi connectivity index (χ0v) is 12.3. The smallest absolute Gasteiger partial charge is 0.148 e. The number of nitrogen functional groups attached to an aromatic ring is 1. The molecule has 6 heteroatoms. The highest BCUT2D eigenvalue weighted by Crippen LogP contribution is 2.30. The molecule has 1 saturated carbocycles. The number of nitrogens with zero attached hydrogens (tertiary/aromatic N) is 3. The molecule has 0 amide bonds. The molecule has 1 aromatic rings. The normalized spacial score (nSPS) is 22.6. The van der Waals surface area contributed by atoms with Crippen molar-refractivity contribution in [3.8, 4) is 0 Å². The second-order valence-corrected chi connectivity index (χ2v) is 5.45. The van der Waals surface area contributed by atoms with E-state index in [4.69, 9.17) is 5.84 Å². The van der Waals surface area contributed by atoms with Crippen molar-refractivity contribution in [3.63, 3.8) is 0 Å². The Kier molecular flexibility index (Phi) is 5.14. The van der Waals surface area contributed by atoms with Gasteiger partial charge in [0.25, 0.3) is 0 Å². The number of likely N-dealkylation sites (N-methyl/N-ethyl adjacent to an activating group) is 1. The third-order valence-corrected chi connectivity index (χ3v) is 4.08. The summed E-state index contributed by atoms with van der Waals surface area (Å²) in [6.07, 6.45) is 7.22. The van der Waals surface area contributed by atoms with Crippen molar-refractivity contribution in [1.82, 2.24) is 9.97 Å². The lowest BCUT2D eigenvalue weighted by atomic mass is 9.91. The van der Waals surface area contributed by atoms with E-state index in [1.165, 1.54) is 6.33 Å². The van der Waals surface area contributed by atoms with Gasteiger partial charge in [-0.1, -0.05) is 26.2 Å². The van der Waals surface area contributed by atoms with Crippen molar-refractivity contribution in [2.24, 2.45) is 5.84 Å². The van der Waals surface area contributed by atoms with Crippen molar-refractivity contribution < 1.29 is 5.11 Å². The van der Waals surface area contributed by atoms with Crippen LogP contribution in [0.4, 0.5) is 11.6 Å². The summed E-state index contributed by atoms with van der Waals surface area (Å²) in [6.45, 7) is 2.12. The van der Waals surface area contributed by atoms with Gasteiger partial charge in [-0.15, -0.1) is 0 Å². The van der Waals surface area contributed by atoms with Gasteiger partial charge in [-0.3, -0.25) is 0 Å². The van der Waals surface area contributed by atoms with E-state index >= 15 is 0 Å². The fourth-order valence-corrected chi connectivity index (χ4v) is 3.01. The predicted octanol–water partition coefficient (Wildman–Crippen LogP) is 1.45. The second kappa shape index (κ2) is 6.85. The van der Waals surface area contributed by atoms with Gasteiger partial charge in [-0.05, 0) is 19.3 Å². The lowest BCUT2D eigenvalue weighted by Gasteiger charge is -2.36. The number of aliphatic hydroxyl groups excluding tert-OH is 1. The number of aromatic nitrogens is 2. The quantitative estimate of drug-likeness (QED) is 0.558. The molecule has 1 aliphatic rings. The molecule has 1 fully saturated rings. The molecule has 2 atom stereocenters. The van der Waals surface area contributed by atoms with Gasteiger partial charge in [-0.2, -0.15) is 0 Å². The van der Waals surface area contributed by atoms with Crippen molar-refractivity contribution in [1.29, 1.82) is 0 Å². The Morgan fingerprint density at radius 3 is 2.80 bits per heavy atom. The average molecular weight is 279 g/mol. The first-order valence-corrected chi connectivity index (χ1v) is 7.40. The Bertz CT molecular complexity index is 440. The Labute approximate surface area is 120 Å². The molecule has 0 radical (unpaired) electrons. The summed E-state index contributed by atoms with van der Waals surface area (Å²) in [4.78, 5) is 10.7. The first-order chi connectivity index (χ1) is 9.69. The first-order valence-electron chi connectivity index (χ1n) is 7.40. The number of aliphatic hydroxyl groups is 1. The van der Waals surface area contributed by atoms with Crippen LogP contribution in [0.1, 0.15) is 44.6 Å². The molecule has 1 aromatic heterocycles. The molecule has 1 heterocycles. The molecule has 2 rings (SSSR count). The van der Waals surface area contributed by atoms with Gasteiger partial charge in [0.05, 0.1) is 12.1 Å². The van der Waals surface area contributed by atoms with E-state index in [0.717, 1.165) is 49.9 Å². The van der Waals surface area contributed by atoms with E-state index in [2.05, 4.69) is 27.2 Å². The summed E-state index contributed by atoms with van der Waals surface area (Å²) in [5.41, 5.74) is 3.68. The number of hydrogen-bond acceptors (Lipinski definition) is 6. The molecule has 0 aromatic carbocycles. The van der Waals surface area contributed by atoms with Crippen LogP contribution in [-0.4, -0.2) is 34.3 Å². The molecular weight excluding hydrogens is 254 g/mol. The summed E-state index contributed by atoms with van der Waals surface area (Å²) < 4.78 is 0. The standard InChI is InChI=1S/C14H25N5O/c1-3-6-10-13(18-15)16-9-17-14(10)19(2)11-7-4-5-8-12(11)20/h9,11-12,20H,3-8,15H2,1-2H3,(H,16,17,18). The molecule has 1 aliphatic carbocycles. The minimum absolute atomic E-state index is 0.125. The van der Waals surface area contributed by atoms with Gasteiger partial charge in [0.15, 0.2) is 0 Å². The number of hydrogen-bond donors (Lipinski definition) is 3. The molecular formula is C14H25N5O. The van der Waals surface area contributed by atoms with E-state index in [9.17, 15) is 5.11 Å². The van der Waals surface area contributed by atoms with Gasteiger partial charge < -0.3 is 15.4 Å². The number of nitrogens with two attached hydrogens (primary N) is 1. The average Bonchev–Trinajstić information content (AvgIpc) is 2.47. The summed E-state index contributed by atoms with van der Waals surface area (Å²) >= 11 is 0. The van der Waals surface area contributed by atoms with E-state index in [1.807, 2.05) is 7.05 Å². The highest BCUT2D eigenvalue weighted by molar-refractivity contribution is 5.58. The molecule has 20 heavy (non-hydrogen) atoms. The third-order valence-electron chi connectivity index (χ3n) is 4.08. The minimum atomic E-state index is -0.285. The summed E-state index contributed by atoms with van der Waals surface area (Å²) in [5, 5.41) is 10.2. The van der Waals surface area contributed by atoms with Gasteiger partial charge in [-0.25, -0.2) is 15.8 Å². The molecule has 0 aliphatic heterocycles. The number of rotatable bonds is 5. The lowest BCUT2D eigenvalue weighted by Crippen LogP contribution is -2.44. The van der Waals surface area contributed by atoms with Crippen LogP contribution in [0.5, 0.6) is 0 Å². The van der Waals surface area contributed by atoms with Gasteiger partial charge >= 0.3 is 0 Å². The van der Waals surface area contributed by atoms with Gasteiger partial charge in [0.1, 0.15) is 18.0 Å². The number of hydrazine groups is 1. The first kappa shape index (κ1) is 15.0. The third kappa shape index (κ3) is 3.02. The van der Waals surface area contributed by atoms with Crippen LogP contribution in [0.2, 0.25) is 0 Å². The fourth-order valence-electron chi connectivity index (χ4n) is 3.01. The molecule has 0 bridgehead atoms. The van der Waals surface area contributed by atoms with E-state index in [-0.39, 0.29) is 12.1 Å². The molecule has 4 N–H and O–H groups in total. The number of anilines is 2. The molecule has 6 nitrogen and oxygen atoms in total. The topological polar surface area (TPSA) is 87.3 Å². The zero-order valence-electron chi connectivity index (χ0n) is 12.3. The Balaban J connectivity index is 2.30. The van der Waals surface area contributed by atoms with Crippen LogP contribution in [-0.2, 0) is 6.42 Å². The van der Waals surface area contributed by atoms with E-state index in [0.29, 0.717) is 5.82 Å². The van der Waals surface area contributed by atoms with E-state index in [1.54, 1.807) is 0 Å². The van der Waals surface area contributed by atoms with E-state index < -0.39 is 0 Å². The zero-order chi connectivity index (χ0) is 14.5. The summed E-state index contributed by atoms with van der Waals surface area (Å²) in [6, 6.07) is 0.125. The molecule has 0 spiro atoms. The summed E-state index contributed by atoms with van der Waals surface area (Å²) in [7, 11) is 2.00. The maximum Gasteiger partial charge on any atom is 0.148 e. The molecule has 0 saturated heterocycles. The van der Waals surface area contributed by atoms with Gasteiger partial charge in [0, 0.05) is 12.6 Å². The monoisotopic (exact) mass is 279 g/mol. The van der Waals surface area contributed by atoms with Gasteiger partial charge in [0.2, 0.25) is 0 Å². The molecule has 2 unspecified atom stereocenters. The SMILES string of the molecule is CCCc1c(NN)ncnc1N(C)C1CCCCC1O. The second-order valence-electron chi connectivity index (χ2n) is 5.45. The highest BCUT2D eigenvalue weighted by Gasteiger charge is 2.29.